The Hall–Kier alpha value is -1.68. The number of aliphatic hydroxyl groups excluding tert-OH is 5. The van der Waals surface area contributed by atoms with Crippen molar-refractivity contribution in [1.29, 1.82) is 0 Å². The number of rotatable bonds is 11. The molecule has 0 bridgehead atoms. The van der Waals surface area contributed by atoms with Crippen molar-refractivity contribution in [3.05, 3.63) is 11.1 Å². The number of aliphatic hydroxyl groups is 5. The molecule has 14 atom stereocenters. The molecule has 0 aromatic rings. The highest BCUT2D eigenvalue weighted by molar-refractivity contribution is 5.73. The van der Waals surface area contributed by atoms with E-state index in [0.717, 1.165) is 38.5 Å². The van der Waals surface area contributed by atoms with E-state index in [4.69, 9.17) is 23.7 Å². The number of amides is 1. The van der Waals surface area contributed by atoms with Crippen molar-refractivity contribution in [3.63, 3.8) is 0 Å². The Balaban J connectivity index is 1.31. The van der Waals surface area contributed by atoms with Crippen LogP contribution in [0.4, 0.5) is 0 Å². The second-order valence-corrected chi connectivity index (χ2v) is 18.9. The molecule has 13 heteroatoms. The molecule has 1 amide bonds. The lowest BCUT2D eigenvalue weighted by molar-refractivity contribution is -0.316. The zero-order valence-corrected chi connectivity index (χ0v) is 34.2. The van der Waals surface area contributed by atoms with Crippen molar-refractivity contribution in [1.82, 2.24) is 5.32 Å². The van der Waals surface area contributed by atoms with Crippen molar-refractivity contribution < 1.29 is 58.8 Å². The van der Waals surface area contributed by atoms with E-state index < -0.39 is 78.1 Å². The summed E-state index contributed by atoms with van der Waals surface area (Å²) in [7, 11) is 1.61. The predicted molar refractivity (Wildman–Crippen MR) is 199 cm³/mol. The number of hydrogen-bond donors (Lipinski definition) is 6. The van der Waals surface area contributed by atoms with Crippen LogP contribution in [0.1, 0.15) is 127 Å². The molecule has 2 saturated heterocycles. The van der Waals surface area contributed by atoms with Crippen molar-refractivity contribution >= 4 is 11.9 Å². The number of fused-ring (bicyclic) bond motifs is 2. The summed E-state index contributed by atoms with van der Waals surface area (Å²) in [5, 5.41) is 56.8. The lowest BCUT2D eigenvalue weighted by Gasteiger charge is -2.56. The molecule has 2 aliphatic heterocycles. The van der Waals surface area contributed by atoms with Crippen LogP contribution in [-0.4, -0.2) is 123 Å². The van der Waals surface area contributed by atoms with Gasteiger partial charge in [-0.2, -0.15) is 0 Å². The van der Waals surface area contributed by atoms with Gasteiger partial charge in [0, 0.05) is 21.0 Å². The van der Waals surface area contributed by atoms with Gasteiger partial charge in [-0.25, -0.2) is 0 Å². The Labute approximate surface area is 321 Å². The van der Waals surface area contributed by atoms with Gasteiger partial charge in [-0.3, -0.25) is 9.59 Å². The van der Waals surface area contributed by atoms with Gasteiger partial charge in [-0.05, 0) is 114 Å². The van der Waals surface area contributed by atoms with Crippen LogP contribution in [0.5, 0.6) is 0 Å². The summed E-state index contributed by atoms with van der Waals surface area (Å²) in [5.74, 6) is -0.648. The fourth-order valence-corrected chi connectivity index (χ4v) is 11.1. The Morgan fingerprint density at radius 3 is 2.28 bits per heavy atom. The van der Waals surface area contributed by atoms with Crippen LogP contribution in [0, 0.1) is 22.2 Å². The van der Waals surface area contributed by atoms with E-state index in [1.807, 2.05) is 27.7 Å². The molecule has 0 aromatic carbocycles. The van der Waals surface area contributed by atoms with Crippen LogP contribution in [0.2, 0.25) is 0 Å². The predicted octanol–water partition coefficient (Wildman–Crippen LogP) is 3.44. The molecule has 0 aromatic heterocycles. The standard InChI is InChI=1S/C41H69NO12/c1-22(44)42-32-34(48)33(47)27(21-43)52-36(32)54-38(5,6)30-15-17-39(7)19-24(11-14-31(39)53-30)25-12-13-28-40(8,35(49)26(46)20-41(25,28)9)18-16-29(51-23(2)45)37(3,4)50-10/h26-36,43,46-49H,11-21H2,1-10H3,(H,42,44)/b25-24+. The minimum absolute atomic E-state index is 0.0316. The summed E-state index contributed by atoms with van der Waals surface area (Å²) in [4.78, 5) is 24.0. The zero-order chi connectivity index (χ0) is 40.2. The van der Waals surface area contributed by atoms with Crippen LogP contribution in [0.15, 0.2) is 11.1 Å². The Morgan fingerprint density at radius 2 is 1.67 bits per heavy atom. The maximum absolute atomic E-state index is 12.0. The smallest absolute Gasteiger partial charge is 0.303 e. The molecule has 5 rings (SSSR count). The van der Waals surface area contributed by atoms with Gasteiger partial charge in [0.2, 0.25) is 5.91 Å². The number of hydrogen-bond acceptors (Lipinski definition) is 12. The molecule has 5 aliphatic rings. The largest absolute Gasteiger partial charge is 0.460 e. The number of ether oxygens (including phenoxy) is 5. The van der Waals surface area contributed by atoms with E-state index in [0.29, 0.717) is 25.7 Å². The highest BCUT2D eigenvalue weighted by Gasteiger charge is 2.61. The summed E-state index contributed by atoms with van der Waals surface area (Å²) in [6, 6.07) is -1.04. The third-order valence-corrected chi connectivity index (χ3v) is 14.4. The molecule has 5 fully saturated rings. The van der Waals surface area contributed by atoms with Crippen LogP contribution in [0.3, 0.4) is 0 Å². The minimum Gasteiger partial charge on any atom is -0.460 e. The molecule has 310 valence electrons. The van der Waals surface area contributed by atoms with E-state index in [2.05, 4.69) is 26.1 Å². The quantitative estimate of drug-likeness (QED) is 0.133. The summed E-state index contributed by atoms with van der Waals surface area (Å²) in [6.45, 7) is 16.5. The first-order valence-electron chi connectivity index (χ1n) is 20.1. The summed E-state index contributed by atoms with van der Waals surface area (Å²) in [5.41, 5.74) is 0.240. The first-order chi connectivity index (χ1) is 25.0. The molecule has 2 heterocycles. The fourth-order valence-electron chi connectivity index (χ4n) is 11.1. The van der Waals surface area contributed by atoms with Gasteiger partial charge in [0.15, 0.2) is 6.29 Å². The first-order valence-corrected chi connectivity index (χ1v) is 20.1. The highest BCUT2D eigenvalue weighted by atomic mass is 16.7. The Morgan fingerprint density at radius 1 is 0.981 bits per heavy atom. The number of carbonyl (C=O) groups is 2. The van der Waals surface area contributed by atoms with Gasteiger partial charge in [-0.1, -0.05) is 31.9 Å². The molecule has 13 nitrogen and oxygen atoms in total. The van der Waals surface area contributed by atoms with Crippen LogP contribution in [-0.2, 0) is 33.3 Å². The summed E-state index contributed by atoms with van der Waals surface area (Å²) in [6.07, 6.45) is -0.0321. The summed E-state index contributed by atoms with van der Waals surface area (Å²) >= 11 is 0. The average Bonchev–Trinajstić information content (AvgIpc) is 3.44. The number of carbonyl (C=O) groups excluding carboxylic acids is 2. The number of nitrogens with one attached hydrogen (secondary N) is 1. The van der Waals surface area contributed by atoms with E-state index in [1.54, 1.807) is 7.11 Å². The van der Waals surface area contributed by atoms with Gasteiger partial charge in [0.05, 0.1) is 42.2 Å². The first kappa shape index (κ1) is 43.4. The fraction of sp³-hybridized carbons (Fsp3) is 0.902. The maximum Gasteiger partial charge on any atom is 0.303 e. The van der Waals surface area contributed by atoms with Crippen LogP contribution < -0.4 is 5.32 Å². The molecule has 0 spiro atoms. The van der Waals surface area contributed by atoms with Gasteiger partial charge in [0.25, 0.3) is 0 Å². The molecular weight excluding hydrogens is 698 g/mol. The van der Waals surface area contributed by atoms with Gasteiger partial charge >= 0.3 is 5.97 Å². The summed E-state index contributed by atoms with van der Waals surface area (Å²) < 4.78 is 30.7. The SMILES string of the molecule is COC(C)(C)C(CCC1(C)C(O)C(O)CC2(C)/C(=C3\CCC4OC(C(C)(C)OC5OC(CO)C(O)C(O)C5NC(C)=O)CCC4(C)C3)CCC21)OC(C)=O. The normalized spacial score (nSPS) is 43.5. The van der Waals surface area contributed by atoms with Gasteiger partial charge < -0.3 is 54.5 Å². The van der Waals surface area contributed by atoms with Crippen molar-refractivity contribution in [3.8, 4) is 0 Å². The maximum atomic E-state index is 12.0. The Kier molecular flexibility index (Phi) is 12.8. The zero-order valence-electron chi connectivity index (χ0n) is 34.2. The van der Waals surface area contributed by atoms with Gasteiger partial charge in [-0.15, -0.1) is 0 Å². The molecule has 3 saturated carbocycles. The second kappa shape index (κ2) is 15.9. The van der Waals surface area contributed by atoms with Gasteiger partial charge in [0.1, 0.15) is 30.5 Å². The number of allylic oxidation sites excluding steroid dienone is 2. The van der Waals surface area contributed by atoms with Crippen molar-refractivity contribution in [2.24, 2.45) is 22.2 Å². The second-order valence-electron chi connectivity index (χ2n) is 18.9. The third kappa shape index (κ3) is 8.18. The Bertz CT molecular complexity index is 1400. The lowest BCUT2D eigenvalue weighted by Crippen LogP contribution is -2.66. The topological polar surface area (TPSA) is 193 Å². The van der Waals surface area contributed by atoms with Crippen molar-refractivity contribution in [2.75, 3.05) is 13.7 Å². The van der Waals surface area contributed by atoms with Crippen LogP contribution >= 0.6 is 0 Å². The molecule has 14 unspecified atom stereocenters. The molecule has 3 aliphatic carbocycles. The van der Waals surface area contributed by atoms with E-state index >= 15 is 0 Å². The molecular formula is C41H69NO12. The lowest BCUT2D eigenvalue weighted by atomic mass is 9.52. The van der Waals surface area contributed by atoms with Crippen LogP contribution in [0.25, 0.3) is 0 Å². The molecule has 6 N–H and O–H groups in total. The minimum atomic E-state index is -1.40. The molecule has 54 heavy (non-hydrogen) atoms. The molecule has 0 radical (unpaired) electrons. The number of esters is 1. The average molecular weight is 768 g/mol. The number of methoxy groups -OCH3 is 1. The monoisotopic (exact) mass is 767 g/mol. The highest BCUT2D eigenvalue weighted by Crippen LogP contribution is 2.65. The van der Waals surface area contributed by atoms with Crippen molar-refractivity contribution in [2.45, 2.75) is 199 Å². The third-order valence-electron chi connectivity index (χ3n) is 14.4. The van der Waals surface area contributed by atoms with E-state index in [-0.39, 0.29) is 34.9 Å². The van der Waals surface area contributed by atoms with E-state index in [1.165, 1.54) is 25.0 Å². The van der Waals surface area contributed by atoms with E-state index in [9.17, 15) is 35.1 Å².